The van der Waals surface area contributed by atoms with Crippen LogP contribution in [0.5, 0.6) is 0 Å². The van der Waals surface area contributed by atoms with Crippen molar-refractivity contribution < 1.29 is 0 Å². The van der Waals surface area contributed by atoms with Crippen molar-refractivity contribution in [1.29, 1.82) is 0 Å². The van der Waals surface area contributed by atoms with Crippen LogP contribution in [0.1, 0.15) is 98.3 Å². The zero-order valence-electron chi connectivity index (χ0n) is 14.6. The van der Waals surface area contributed by atoms with Crippen molar-refractivity contribution >= 4 is 0 Å². The van der Waals surface area contributed by atoms with Gasteiger partial charge in [0.1, 0.15) is 0 Å². The highest BCUT2D eigenvalue weighted by molar-refractivity contribution is 4.93. The second kappa shape index (κ2) is 7.32. The molecular weight excluding hydrogens is 240 g/mol. The van der Waals surface area contributed by atoms with Crippen molar-refractivity contribution in [3.8, 4) is 0 Å². The molecule has 3 unspecified atom stereocenters. The molecule has 0 aromatic heterocycles. The standard InChI is InChI=1S/C20H38/c1-5-7-8-19(6-2)20(4)14-13-18(15-20)17-11-9-16(3)10-12-17/h16-19H,5-15H2,1-4H3. The first-order valence-electron chi connectivity index (χ1n) is 9.59. The van der Waals surface area contributed by atoms with Gasteiger partial charge in [-0.1, -0.05) is 59.8 Å². The van der Waals surface area contributed by atoms with E-state index < -0.39 is 0 Å². The number of hydrogen-bond donors (Lipinski definition) is 0. The van der Waals surface area contributed by atoms with Gasteiger partial charge in [0.05, 0.1) is 0 Å². The van der Waals surface area contributed by atoms with E-state index in [4.69, 9.17) is 0 Å². The lowest BCUT2D eigenvalue weighted by atomic mass is 9.69. The van der Waals surface area contributed by atoms with Crippen molar-refractivity contribution in [3.63, 3.8) is 0 Å². The minimum Gasteiger partial charge on any atom is -0.0654 e. The third-order valence-corrected chi connectivity index (χ3v) is 6.93. The summed E-state index contributed by atoms with van der Waals surface area (Å²) in [5, 5.41) is 0. The molecule has 2 rings (SSSR count). The van der Waals surface area contributed by atoms with E-state index in [0.717, 1.165) is 23.7 Å². The lowest BCUT2D eigenvalue weighted by Gasteiger charge is -2.36. The number of rotatable bonds is 6. The van der Waals surface area contributed by atoms with E-state index in [2.05, 4.69) is 27.7 Å². The van der Waals surface area contributed by atoms with Gasteiger partial charge in [-0.3, -0.25) is 0 Å². The molecule has 0 amide bonds. The molecule has 0 bridgehead atoms. The smallest absolute Gasteiger partial charge is 0.0295 e. The summed E-state index contributed by atoms with van der Waals surface area (Å²) < 4.78 is 0. The molecule has 2 saturated carbocycles. The van der Waals surface area contributed by atoms with Crippen LogP contribution in [0, 0.1) is 29.1 Å². The van der Waals surface area contributed by atoms with Gasteiger partial charge in [0.25, 0.3) is 0 Å². The van der Waals surface area contributed by atoms with Gasteiger partial charge in [-0.2, -0.15) is 0 Å². The van der Waals surface area contributed by atoms with Crippen LogP contribution in [0.2, 0.25) is 0 Å². The Hall–Kier alpha value is 0. The maximum Gasteiger partial charge on any atom is -0.0295 e. The summed E-state index contributed by atoms with van der Waals surface area (Å²) in [7, 11) is 0. The van der Waals surface area contributed by atoms with Crippen LogP contribution in [0.3, 0.4) is 0 Å². The minimum absolute atomic E-state index is 0.678. The summed E-state index contributed by atoms with van der Waals surface area (Å²) in [6, 6.07) is 0. The van der Waals surface area contributed by atoms with Crippen molar-refractivity contribution in [2.24, 2.45) is 29.1 Å². The average Bonchev–Trinajstić information content (AvgIpc) is 2.84. The fourth-order valence-electron chi connectivity index (χ4n) is 5.34. The maximum atomic E-state index is 2.63. The molecule has 0 heterocycles. The molecule has 0 spiro atoms. The van der Waals surface area contributed by atoms with E-state index in [1.165, 1.54) is 64.2 Å². The fraction of sp³-hybridized carbons (Fsp3) is 1.00. The first-order valence-corrected chi connectivity index (χ1v) is 9.59. The van der Waals surface area contributed by atoms with Crippen molar-refractivity contribution in [2.75, 3.05) is 0 Å². The van der Waals surface area contributed by atoms with Crippen molar-refractivity contribution in [1.82, 2.24) is 0 Å². The summed E-state index contributed by atoms with van der Waals surface area (Å²) in [4.78, 5) is 0. The average molecular weight is 279 g/mol. The second-order valence-electron chi connectivity index (χ2n) is 8.42. The highest BCUT2D eigenvalue weighted by Gasteiger charge is 2.42. The molecule has 0 heteroatoms. The van der Waals surface area contributed by atoms with E-state index in [1.807, 2.05) is 0 Å². The fourth-order valence-corrected chi connectivity index (χ4v) is 5.34. The van der Waals surface area contributed by atoms with Crippen LogP contribution in [0.25, 0.3) is 0 Å². The van der Waals surface area contributed by atoms with Gasteiger partial charge >= 0.3 is 0 Å². The van der Waals surface area contributed by atoms with E-state index in [-0.39, 0.29) is 0 Å². The molecule has 2 fully saturated rings. The number of unbranched alkanes of at least 4 members (excludes halogenated alkanes) is 1. The summed E-state index contributed by atoms with van der Waals surface area (Å²) in [6.07, 6.45) is 16.4. The second-order valence-corrected chi connectivity index (χ2v) is 8.42. The molecular formula is C20H38. The Morgan fingerprint density at radius 2 is 1.70 bits per heavy atom. The van der Waals surface area contributed by atoms with Crippen LogP contribution in [0.15, 0.2) is 0 Å². The van der Waals surface area contributed by atoms with E-state index in [0.29, 0.717) is 5.41 Å². The van der Waals surface area contributed by atoms with Gasteiger partial charge in [-0.25, -0.2) is 0 Å². The quantitative estimate of drug-likeness (QED) is 0.499. The summed E-state index contributed by atoms with van der Waals surface area (Å²) in [5.41, 5.74) is 0.678. The SMILES string of the molecule is CCCCC(CC)C1(C)CCC(C2CCC(C)CC2)C1. The van der Waals surface area contributed by atoms with Crippen LogP contribution in [-0.2, 0) is 0 Å². The normalized spacial score (nSPS) is 39.9. The lowest BCUT2D eigenvalue weighted by molar-refractivity contribution is 0.144. The Bertz CT molecular complexity index is 274. The van der Waals surface area contributed by atoms with Crippen LogP contribution < -0.4 is 0 Å². The highest BCUT2D eigenvalue weighted by Crippen LogP contribution is 2.53. The molecule has 0 saturated heterocycles. The van der Waals surface area contributed by atoms with Crippen molar-refractivity contribution in [3.05, 3.63) is 0 Å². The van der Waals surface area contributed by atoms with Crippen LogP contribution >= 0.6 is 0 Å². The lowest BCUT2D eigenvalue weighted by Crippen LogP contribution is -2.26. The molecule has 0 nitrogen and oxygen atoms in total. The van der Waals surface area contributed by atoms with Crippen molar-refractivity contribution in [2.45, 2.75) is 98.3 Å². The third-order valence-electron chi connectivity index (χ3n) is 6.93. The Labute approximate surface area is 128 Å². The Kier molecular flexibility index (Phi) is 5.99. The molecule has 0 aromatic carbocycles. The minimum atomic E-state index is 0.678. The highest BCUT2D eigenvalue weighted by atomic mass is 14.5. The largest absolute Gasteiger partial charge is 0.0654 e. The molecule has 2 aliphatic carbocycles. The van der Waals surface area contributed by atoms with Gasteiger partial charge in [-0.15, -0.1) is 0 Å². The summed E-state index contributed by atoms with van der Waals surface area (Å²) >= 11 is 0. The predicted molar refractivity (Wildman–Crippen MR) is 89.9 cm³/mol. The maximum absolute atomic E-state index is 2.63. The zero-order chi connectivity index (χ0) is 14.6. The topological polar surface area (TPSA) is 0 Å². The first-order chi connectivity index (χ1) is 9.59. The molecule has 118 valence electrons. The van der Waals surface area contributed by atoms with E-state index in [1.54, 1.807) is 6.42 Å². The Balaban J connectivity index is 1.89. The molecule has 0 aromatic rings. The monoisotopic (exact) mass is 278 g/mol. The van der Waals surface area contributed by atoms with Gasteiger partial charge in [0.2, 0.25) is 0 Å². The molecule has 20 heavy (non-hydrogen) atoms. The zero-order valence-corrected chi connectivity index (χ0v) is 14.6. The molecule has 0 radical (unpaired) electrons. The first kappa shape index (κ1) is 16.4. The third kappa shape index (κ3) is 3.80. The molecule has 0 N–H and O–H groups in total. The van der Waals surface area contributed by atoms with E-state index in [9.17, 15) is 0 Å². The predicted octanol–water partition coefficient (Wildman–Crippen LogP) is 6.84. The number of hydrogen-bond acceptors (Lipinski definition) is 0. The molecule has 0 aliphatic heterocycles. The van der Waals surface area contributed by atoms with Gasteiger partial charge in [-0.05, 0) is 67.6 Å². The van der Waals surface area contributed by atoms with Crippen LogP contribution in [0.4, 0.5) is 0 Å². The summed E-state index contributed by atoms with van der Waals surface area (Å²) in [6.45, 7) is 9.85. The van der Waals surface area contributed by atoms with Gasteiger partial charge in [0, 0.05) is 0 Å². The molecule has 3 atom stereocenters. The van der Waals surface area contributed by atoms with E-state index >= 15 is 0 Å². The van der Waals surface area contributed by atoms with Gasteiger partial charge < -0.3 is 0 Å². The molecule has 2 aliphatic rings. The van der Waals surface area contributed by atoms with Gasteiger partial charge in [0.15, 0.2) is 0 Å². The summed E-state index contributed by atoms with van der Waals surface area (Å²) in [5.74, 6) is 4.15. The Morgan fingerprint density at radius 3 is 2.30 bits per heavy atom. The van der Waals surface area contributed by atoms with Crippen LogP contribution in [-0.4, -0.2) is 0 Å². The Morgan fingerprint density at radius 1 is 1.00 bits per heavy atom.